The smallest absolute Gasteiger partial charge is 0.186 e. The predicted octanol–water partition coefficient (Wildman–Crippen LogP) is 1.82. The molecule has 1 saturated heterocycles. The van der Waals surface area contributed by atoms with Crippen molar-refractivity contribution < 1.29 is 9.90 Å². The Kier molecular flexibility index (Phi) is 3.61. The van der Waals surface area contributed by atoms with Crippen molar-refractivity contribution in [3.05, 3.63) is 23.8 Å². The number of carbonyl (C=O) groups is 1. The highest BCUT2D eigenvalue weighted by atomic mass is 32.1. The molecule has 4 nitrogen and oxygen atoms in total. The van der Waals surface area contributed by atoms with Gasteiger partial charge < -0.3 is 14.8 Å². The number of rotatable bonds is 3. The highest BCUT2D eigenvalue weighted by molar-refractivity contribution is 7.22. The lowest BCUT2D eigenvalue weighted by Gasteiger charge is -2.32. The van der Waals surface area contributed by atoms with E-state index in [1.54, 1.807) is 11.3 Å². The first-order valence-electron chi connectivity index (χ1n) is 7.02. The number of carbonyl (C=O) groups excluding carboxylic acids is 1. The molecular formula is C15H17N2O2S-. The van der Waals surface area contributed by atoms with Gasteiger partial charge in [-0.05, 0) is 37.0 Å². The first kappa shape index (κ1) is 13.4. The van der Waals surface area contributed by atoms with Gasteiger partial charge in [-0.3, -0.25) is 0 Å². The maximum atomic E-state index is 10.9. The molecular weight excluding hydrogens is 272 g/mol. The number of fused-ring (bicyclic) bond motifs is 1. The Bertz CT molecular complexity index is 630. The zero-order valence-electron chi connectivity index (χ0n) is 11.5. The van der Waals surface area contributed by atoms with Gasteiger partial charge in [0.1, 0.15) is 0 Å². The Morgan fingerprint density at radius 1 is 1.45 bits per heavy atom. The summed E-state index contributed by atoms with van der Waals surface area (Å²) in [5, 5.41) is 11.9. The number of aryl methyl sites for hydroxylation is 1. The largest absolute Gasteiger partial charge is 0.550 e. The van der Waals surface area contributed by atoms with Crippen LogP contribution in [0.4, 0.5) is 5.13 Å². The molecule has 0 radical (unpaired) electrons. The molecule has 2 aromatic rings. The summed E-state index contributed by atoms with van der Waals surface area (Å²) in [6.45, 7) is 3.64. The molecule has 5 heteroatoms. The Morgan fingerprint density at radius 2 is 2.20 bits per heavy atom. The van der Waals surface area contributed by atoms with Gasteiger partial charge in [-0.25, -0.2) is 4.98 Å². The number of nitrogens with zero attached hydrogens (tertiary/aromatic N) is 2. The zero-order valence-corrected chi connectivity index (χ0v) is 12.3. The number of aliphatic carboxylic acids is 1. The van der Waals surface area contributed by atoms with Crippen molar-refractivity contribution in [1.82, 2.24) is 4.98 Å². The van der Waals surface area contributed by atoms with Crippen molar-refractivity contribution in [2.75, 3.05) is 18.0 Å². The van der Waals surface area contributed by atoms with E-state index >= 15 is 0 Å². The first-order chi connectivity index (χ1) is 9.67. The van der Waals surface area contributed by atoms with Crippen LogP contribution in [0.1, 0.15) is 25.3 Å². The molecule has 0 aliphatic carbocycles. The molecule has 0 N–H and O–H groups in total. The topological polar surface area (TPSA) is 56.3 Å². The minimum absolute atomic E-state index is 0.299. The van der Waals surface area contributed by atoms with Crippen molar-refractivity contribution in [3.63, 3.8) is 0 Å². The number of hydrogen-bond acceptors (Lipinski definition) is 5. The Labute approximate surface area is 122 Å². The van der Waals surface area contributed by atoms with E-state index in [0.29, 0.717) is 12.8 Å². The molecule has 1 aromatic heterocycles. The summed E-state index contributed by atoms with van der Waals surface area (Å²) in [7, 11) is 0. The second-order valence-corrected chi connectivity index (χ2v) is 6.24. The molecule has 2 heterocycles. The van der Waals surface area contributed by atoms with E-state index in [1.165, 1.54) is 10.3 Å². The van der Waals surface area contributed by atoms with Gasteiger partial charge in [0.05, 0.1) is 10.2 Å². The molecule has 20 heavy (non-hydrogen) atoms. The van der Waals surface area contributed by atoms with E-state index in [4.69, 9.17) is 0 Å². The first-order valence-corrected chi connectivity index (χ1v) is 7.84. The molecule has 0 amide bonds. The highest BCUT2D eigenvalue weighted by Crippen LogP contribution is 2.32. The van der Waals surface area contributed by atoms with E-state index in [0.717, 1.165) is 30.2 Å². The summed E-state index contributed by atoms with van der Waals surface area (Å²) < 4.78 is 1.21. The van der Waals surface area contributed by atoms with Crippen LogP contribution < -0.4 is 10.0 Å². The third-order valence-electron chi connectivity index (χ3n) is 3.95. The van der Waals surface area contributed by atoms with Gasteiger partial charge >= 0.3 is 0 Å². The van der Waals surface area contributed by atoms with Crippen LogP contribution in [0.2, 0.25) is 0 Å². The van der Waals surface area contributed by atoms with Gasteiger partial charge in [-0.2, -0.15) is 0 Å². The predicted molar refractivity (Wildman–Crippen MR) is 78.9 cm³/mol. The Morgan fingerprint density at radius 3 is 2.85 bits per heavy atom. The van der Waals surface area contributed by atoms with E-state index in [2.05, 4.69) is 35.0 Å². The SMILES string of the molecule is CCc1ccc2nc(N3CCC(C(=O)[O-])CC3)sc2c1. The number of carboxylic acids is 1. The summed E-state index contributed by atoms with van der Waals surface area (Å²) in [6, 6.07) is 6.39. The Hall–Kier alpha value is -1.62. The number of piperidine rings is 1. The quantitative estimate of drug-likeness (QED) is 0.865. The normalized spacial score (nSPS) is 16.8. The lowest BCUT2D eigenvalue weighted by atomic mass is 9.98. The fourth-order valence-electron chi connectivity index (χ4n) is 2.62. The van der Waals surface area contributed by atoms with Crippen molar-refractivity contribution in [3.8, 4) is 0 Å². The van der Waals surface area contributed by atoms with Gasteiger partial charge in [0.15, 0.2) is 5.13 Å². The summed E-state index contributed by atoms with van der Waals surface area (Å²) in [6.07, 6.45) is 2.33. The van der Waals surface area contributed by atoms with E-state index in [9.17, 15) is 9.90 Å². The van der Waals surface area contributed by atoms with Crippen molar-refractivity contribution >= 4 is 32.7 Å². The van der Waals surface area contributed by atoms with Gasteiger partial charge in [-0.15, -0.1) is 0 Å². The second-order valence-electron chi connectivity index (χ2n) is 5.23. The van der Waals surface area contributed by atoms with Crippen molar-refractivity contribution in [2.24, 2.45) is 5.92 Å². The van der Waals surface area contributed by atoms with Gasteiger partial charge in [0.25, 0.3) is 0 Å². The van der Waals surface area contributed by atoms with Crippen LogP contribution in [0.5, 0.6) is 0 Å². The fraction of sp³-hybridized carbons (Fsp3) is 0.467. The van der Waals surface area contributed by atoms with Crippen LogP contribution in [0, 0.1) is 5.92 Å². The zero-order chi connectivity index (χ0) is 14.1. The van der Waals surface area contributed by atoms with Crippen molar-refractivity contribution in [2.45, 2.75) is 26.2 Å². The highest BCUT2D eigenvalue weighted by Gasteiger charge is 2.22. The molecule has 3 rings (SSSR count). The number of anilines is 1. The van der Waals surface area contributed by atoms with Crippen LogP contribution in [-0.4, -0.2) is 24.0 Å². The summed E-state index contributed by atoms with van der Waals surface area (Å²) in [5.41, 5.74) is 2.35. The third-order valence-corrected chi connectivity index (χ3v) is 5.03. The maximum absolute atomic E-state index is 10.9. The van der Waals surface area contributed by atoms with Crippen LogP contribution in [0.15, 0.2) is 18.2 Å². The second kappa shape index (κ2) is 5.40. The summed E-state index contributed by atoms with van der Waals surface area (Å²) in [5.74, 6) is -1.21. The molecule has 0 atom stereocenters. The molecule has 1 aromatic carbocycles. The minimum Gasteiger partial charge on any atom is -0.550 e. The molecule has 0 unspecified atom stereocenters. The van der Waals surface area contributed by atoms with Gasteiger partial charge in [0.2, 0.25) is 0 Å². The van der Waals surface area contributed by atoms with Crippen LogP contribution in [-0.2, 0) is 11.2 Å². The van der Waals surface area contributed by atoms with Crippen LogP contribution in [0.3, 0.4) is 0 Å². The molecule has 1 aliphatic heterocycles. The van der Waals surface area contributed by atoms with E-state index in [1.807, 2.05) is 0 Å². The summed E-state index contributed by atoms with van der Waals surface area (Å²) >= 11 is 1.69. The molecule has 0 spiro atoms. The average Bonchev–Trinajstić information content (AvgIpc) is 2.90. The number of benzene rings is 1. The van der Waals surface area contributed by atoms with Gasteiger partial charge in [0, 0.05) is 25.0 Å². The molecule has 0 bridgehead atoms. The Balaban J connectivity index is 1.79. The monoisotopic (exact) mass is 289 g/mol. The summed E-state index contributed by atoms with van der Waals surface area (Å²) in [4.78, 5) is 17.7. The number of hydrogen-bond donors (Lipinski definition) is 0. The fourth-order valence-corrected chi connectivity index (χ4v) is 3.70. The minimum atomic E-state index is -0.915. The molecule has 0 saturated carbocycles. The molecule has 106 valence electrons. The lowest BCUT2D eigenvalue weighted by molar-refractivity contribution is -0.312. The van der Waals surface area contributed by atoms with Crippen LogP contribution >= 0.6 is 11.3 Å². The molecule has 1 fully saturated rings. The molecule has 1 aliphatic rings. The maximum Gasteiger partial charge on any atom is 0.186 e. The number of thiazole rings is 1. The van der Waals surface area contributed by atoms with E-state index < -0.39 is 5.97 Å². The number of aromatic nitrogens is 1. The van der Waals surface area contributed by atoms with Crippen molar-refractivity contribution in [1.29, 1.82) is 0 Å². The average molecular weight is 289 g/mol. The van der Waals surface area contributed by atoms with Crippen LogP contribution in [0.25, 0.3) is 10.2 Å². The number of carboxylic acid groups (broad SMARTS) is 1. The van der Waals surface area contributed by atoms with Gasteiger partial charge in [-0.1, -0.05) is 24.3 Å². The third kappa shape index (κ3) is 2.50. The van der Waals surface area contributed by atoms with E-state index in [-0.39, 0.29) is 5.92 Å². The standard InChI is InChI=1S/C15H18N2O2S/c1-2-10-3-4-12-13(9-10)20-15(16-12)17-7-5-11(6-8-17)14(18)19/h3-4,9,11H,2,5-8H2,1H3,(H,18,19)/p-1. The lowest BCUT2D eigenvalue weighted by Crippen LogP contribution is -2.41.